The number of nitro groups is 1. The first-order chi connectivity index (χ1) is 15.7. The van der Waals surface area contributed by atoms with Gasteiger partial charge in [0.2, 0.25) is 0 Å². The number of amides is 1. The molecule has 0 aliphatic heterocycles. The van der Waals surface area contributed by atoms with Gasteiger partial charge in [0.15, 0.2) is 0 Å². The fourth-order valence-electron chi connectivity index (χ4n) is 3.48. The standard InChI is InChI=1S/C25H24N4O4/c1-16(2)33-24-7-5-6-21(14-24)27-25(30)20(15-26)13-19-12-17(3)28(18(19)4)22-8-10-23(11-9-22)29(31)32/h5-14,16H,1-4H3,(H,27,30)/b20-13+. The predicted octanol–water partition coefficient (Wildman–Crippen LogP) is 5.34. The number of nitrogens with zero attached hydrogens (tertiary/aromatic N) is 3. The van der Waals surface area contributed by atoms with E-state index >= 15 is 0 Å². The summed E-state index contributed by atoms with van der Waals surface area (Å²) in [5.74, 6) is 0.0938. The SMILES string of the molecule is Cc1cc(/C=C(\C#N)C(=O)Nc2cccc(OC(C)C)c2)c(C)n1-c1ccc([N+](=O)[O-])cc1. The Morgan fingerprint density at radius 3 is 2.48 bits per heavy atom. The van der Waals surface area contributed by atoms with Crippen LogP contribution in [0.1, 0.15) is 30.8 Å². The maximum atomic E-state index is 12.7. The number of nitrogens with one attached hydrogen (secondary N) is 1. The average molecular weight is 444 g/mol. The van der Waals surface area contributed by atoms with E-state index < -0.39 is 10.8 Å². The zero-order chi connectivity index (χ0) is 24.1. The molecule has 0 bridgehead atoms. The molecule has 33 heavy (non-hydrogen) atoms. The van der Waals surface area contributed by atoms with Crippen LogP contribution >= 0.6 is 0 Å². The third kappa shape index (κ3) is 5.46. The number of rotatable bonds is 7. The van der Waals surface area contributed by atoms with Gasteiger partial charge in [-0.15, -0.1) is 0 Å². The first-order valence-electron chi connectivity index (χ1n) is 10.3. The van der Waals surface area contributed by atoms with Crippen molar-refractivity contribution in [1.29, 1.82) is 5.26 Å². The Bertz CT molecular complexity index is 1260. The molecule has 3 rings (SSSR count). The molecule has 0 atom stereocenters. The molecule has 168 valence electrons. The van der Waals surface area contributed by atoms with Crippen molar-refractivity contribution >= 4 is 23.4 Å². The topological polar surface area (TPSA) is 110 Å². The van der Waals surface area contributed by atoms with Crippen molar-refractivity contribution in [2.45, 2.75) is 33.8 Å². The van der Waals surface area contributed by atoms with E-state index in [-0.39, 0.29) is 17.4 Å². The second kappa shape index (κ2) is 9.83. The number of carbonyl (C=O) groups is 1. The number of aryl methyl sites for hydroxylation is 1. The van der Waals surface area contributed by atoms with Gasteiger partial charge >= 0.3 is 0 Å². The molecule has 0 radical (unpaired) electrons. The molecular weight excluding hydrogens is 420 g/mol. The van der Waals surface area contributed by atoms with Crippen LogP contribution in [0.4, 0.5) is 11.4 Å². The minimum atomic E-state index is -0.528. The second-order valence-electron chi connectivity index (χ2n) is 7.75. The summed E-state index contributed by atoms with van der Waals surface area (Å²) >= 11 is 0. The van der Waals surface area contributed by atoms with Crippen molar-refractivity contribution in [2.75, 3.05) is 5.32 Å². The van der Waals surface area contributed by atoms with Crippen LogP contribution < -0.4 is 10.1 Å². The summed E-state index contributed by atoms with van der Waals surface area (Å²) in [6, 6.07) is 17.0. The molecule has 8 nitrogen and oxygen atoms in total. The number of nitro benzene ring substituents is 1. The zero-order valence-corrected chi connectivity index (χ0v) is 18.8. The third-order valence-corrected chi connectivity index (χ3v) is 4.92. The lowest BCUT2D eigenvalue weighted by atomic mass is 10.1. The Labute approximate surface area is 191 Å². The Morgan fingerprint density at radius 2 is 1.88 bits per heavy atom. The van der Waals surface area contributed by atoms with E-state index in [0.717, 1.165) is 17.1 Å². The fraction of sp³-hybridized carbons (Fsp3) is 0.200. The van der Waals surface area contributed by atoms with Crippen LogP contribution in [0.15, 0.2) is 60.2 Å². The predicted molar refractivity (Wildman–Crippen MR) is 126 cm³/mol. The smallest absolute Gasteiger partial charge is 0.269 e. The number of aromatic nitrogens is 1. The quantitative estimate of drug-likeness (QED) is 0.229. The van der Waals surface area contributed by atoms with Crippen LogP contribution in [-0.4, -0.2) is 21.5 Å². The van der Waals surface area contributed by atoms with Crippen LogP contribution in [0, 0.1) is 35.3 Å². The summed E-state index contributed by atoms with van der Waals surface area (Å²) in [7, 11) is 0. The lowest BCUT2D eigenvalue weighted by Crippen LogP contribution is -2.14. The first kappa shape index (κ1) is 23.3. The molecule has 0 saturated carbocycles. The number of hydrogen-bond donors (Lipinski definition) is 1. The van der Waals surface area contributed by atoms with Crippen LogP contribution in [0.5, 0.6) is 5.75 Å². The Hall–Kier alpha value is -4.38. The summed E-state index contributed by atoms with van der Waals surface area (Å²) in [6.45, 7) is 7.57. The van der Waals surface area contributed by atoms with Crippen molar-refractivity contribution in [3.63, 3.8) is 0 Å². The highest BCUT2D eigenvalue weighted by atomic mass is 16.6. The highest BCUT2D eigenvalue weighted by Gasteiger charge is 2.15. The van der Waals surface area contributed by atoms with Gasteiger partial charge in [-0.2, -0.15) is 5.26 Å². The van der Waals surface area contributed by atoms with Gasteiger partial charge in [0.1, 0.15) is 17.4 Å². The molecule has 0 spiro atoms. The van der Waals surface area contributed by atoms with Crippen LogP contribution in [0.2, 0.25) is 0 Å². The molecule has 1 aromatic heterocycles. The van der Waals surface area contributed by atoms with Gasteiger partial charge in [-0.05, 0) is 69.7 Å². The average Bonchev–Trinajstić information content (AvgIpc) is 3.04. The molecule has 0 fully saturated rings. The van der Waals surface area contributed by atoms with Crippen molar-refractivity contribution in [1.82, 2.24) is 4.57 Å². The molecule has 2 aromatic carbocycles. The van der Waals surface area contributed by atoms with Crippen molar-refractivity contribution < 1.29 is 14.5 Å². The number of benzene rings is 2. The number of anilines is 1. The van der Waals surface area contributed by atoms with Gasteiger partial charge < -0.3 is 14.6 Å². The largest absolute Gasteiger partial charge is 0.491 e. The van der Waals surface area contributed by atoms with E-state index in [1.54, 1.807) is 36.4 Å². The number of carbonyl (C=O) groups excluding carboxylic acids is 1. The summed E-state index contributed by atoms with van der Waals surface area (Å²) in [5.41, 5.74) is 3.60. The number of non-ortho nitro benzene ring substituents is 1. The number of ether oxygens (including phenoxy) is 1. The molecule has 1 amide bonds. The second-order valence-corrected chi connectivity index (χ2v) is 7.75. The molecule has 0 saturated heterocycles. The van der Waals surface area contributed by atoms with Gasteiger partial charge in [0.25, 0.3) is 11.6 Å². The van der Waals surface area contributed by atoms with E-state index in [1.807, 2.05) is 44.4 Å². The highest BCUT2D eigenvalue weighted by molar-refractivity contribution is 6.09. The molecule has 0 aliphatic carbocycles. The van der Waals surface area contributed by atoms with Crippen LogP contribution in [0.25, 0.3) is 11.8 Å². The van der Waals surface area contributed by atoms with Gasteiger partial charge in [-0.25, -0.2) is 0 Å². The van der Waals surface area contributed by atoms with Gasteiger partial charge in [-0.1, -0.05) is 6.07 Å². The zero-order valence-electron chi connectivity index (χ0n) is 18.8. The molecule has 3 aromatic rings. The van der Waals surface area contributed by atoms with E-state index in [4.69, 9.17) is 4.74 Å². The van der Waals surface area contributed by atoms with E-state index in [2.05, 4.69) is 5.32 Å². The molecular formula is C25H24N4O4. The lowest BCUT2D eigenvalue weighted by molar-refractivity contribution is -0.384. The van der Waals surface area contributed by atoms with Gasteiger partial charge in [-0.3, -0.25) is 14.9 Å². The van der Waals surface area contributed by atoms with E-state index in [0.29, 0.717) is 17.0 Å². The summed E-state index contributed by atoms with van der Waals surface area (Å²) in [6.07, 6.45) is 1.53. The Morgan fingerprint density at radius 1 is 1.18 bits per heavy atom. The minimum Gasteiger partial charge on any atom is -0.491 e. The Kier molecular flexibility index (Phi) is 6.94. The summed E-state index contributed by atoms with van der Waals surface area (Å²) in [4.78, 5) is 23.2. The first-order valence-corrected chi connectivity index (χ1v) is 10.3. The van der Waals surface area contributed by atoms with Crippen molar-refractivity contribution in [3.8, 4) is 17.5 Å². The number of hydrogen-bond acceptors (Lipinski definition) is 5. The fourth-order valence-corrected chi connectivity index (χ4v) is 3.48. The van der Waals surface area contributed by atoms with Gasteiger partial charge in [0, 0.05) is 41.0 Å². The molecule has 1 heterocycles. The normalized spacial score (nSPS) is 11.2. The van der Waals surface area contributed by atoms with Crippen LogP contribution in [-0.2, 0) is 4.79 Å². The molecule has 0 unspecified atom stereocenters. The number of nitriles is 1. The maximum Gasteiger partial charge on any atom is 0.269 e. The highest BCUT2D eigenvalue weighted by Crippen LogP contribution is 2.25. The third-order valence-electron chi connectivity index (χ3n) is 4.92. The summed E-state index contributed by atoms with van der Waals surface area (Å²) in [5, 5.41) is 23.3. The summed E-state index contributed by atoms with van der Waals surface area (Å²) < 4.78 is 7.55. The Balaban J connectivity index is 1.87. The molecule has 0 aliphatic rings. The molecule has 8 heteroatoms. The van der Waals surface area contributed by atoms with Crippen molar-refractivity contribution in [3.05, 3.63) is 87.2 Å². The lowest BCUT2D eigenvalue weighted by Gasteiger charge is -2.11. The van der Waals surface area contributed by atoms with Crippen molar-refractivity contribution in [2.24, 2.45) is 0 Å². The van der Waals surface area contributed by atoms with Crippen LogP contribution in [0.3, 0.4) is 0 Å². The van der Waals surface area contributed by atoms with E-state index in [9.17, 15) is 20.2 Å². The minimum absolute atomic E-state index is 0.00322. The van der Waals surface area contributed by atoms with Gasteiger partial charge in [0.05, 0.1) is 11.0 Å². The van der Waals surface area contributed by atoms with E-state index in [1.165, 1.54) is 18.2 Å². The molecule has 1 N–H and O–H groups in total. The maximum absolute atomic E-state index is 12.7. The monoisotopic (exact) mass is 444 g/mol.